The Bertz CT molecular complexity index is 360. The second-order valence-corrected chi connectivity index (χ2v) is 2.66. The van der Waals surface area contributed by atoms with Gasteiger partial charge in [-0.2, -0.15) is 0 Å². The van der Waals surface area contributed by atoms with Gasteiger partial charge in [0.15, 0.2) is 0 Å². The third kappa shape index (κ3) is 3.79. The van der Waals surface area contributed by atoms with E-state index in [0.29, 0.717) is 0 Å². The zero-order valence-electron chi connectivity index (χ0n) is 8.47. The summed E-state index contributed by atoms with van der Waals surface area (Å²) < 4.78 is 3.90. The lowest BCUT2D eigenvalue weighted by atomic mass is 10.4. The van der Waals surface area contributed by atoms with Gasteiger partial charge in [-0.05, 0) is 0 Å². The molecule has 0 radical (unpaired) electrons. The van der Waals surface area contributed by atoms with Crippen LogP contribution in [0.15, 0.2) is 38.2 Å². The monoisotopic (exact) mass is 219 g/mol. The first-order chi connectivity index (χ1) is 7.24. The van der Waals surface area contributed by atoms with Crippen LogP contribution in [0.5, 0.6) is 0 Å². The standard InChI is InChI=1S/C10H13N2.CHNS/c1-4-7-10-11(5-2)8-9-12(10)6-3;2-1-3/h4-6,8-9H,1-3,7H2;3H/q+1;/p-1. The van der Waals surface area contributed by atoms with Crippen molar-refractivity contribution in [1.82, 2.24) is 4.57 Å². The summed E-state index contributed by atoms with van der Waals surface area (Å²) in [5, 5.41) is 8.47. The van der Waals surface area contributed by atoms with Gasteiger partial charge >= 0.3 is 0 Å². The summed E-state index contributed by atoms with van der Waals surface area (Å²) in [6.45, 7) is 11.1. The van der Waals surface area contributed by atoms with E-state index in [2.05, 4.69) is 32.4 Å². The van der Waals surface area contributed by atoms with Gasteiger partial charge in [-0.1, -0.05) is 24.6 Å². The zero-order valence-corrected chi connectivity index (χ0v) is 9.28. The quantitative estimate of drug-likeness (QED) is 0.334. The van der Waals surface area contributed by atoms with E-state index in [1.807, 2.05) is 27.6 Å². The molecular weight excluding hydrogens is 206 g/mol. The largest absolute Gasteiger partial charge is 0.696 e. The maximum absolute atomic E-state index is 7.13. The summed E-state index contributed by atoms with van der Waals surface area (Å²) in [6.07, 6.45) is 10.1. The van der Waals surface area contributed by atoms with E-state index < -0.39 is 0 Å². The van der Waals surface area contributed by atoms with E-state index in [1.54, 1.807) is 12.4 Å². The minimum Gasteiger partial charge on any atom is -0.696 e. The summed E-state index contributed by atoms with van der Waals surface area (Å²) in [5.41, 5.74) is 0. The summed E-state index contributed by atoms with van der Waals surface area (Å²) in [7, 11) is 0. The van der Waals surface area contributed by atoms with E-state index in [4.69, 9.17) is 5.26 Å². The lowest BCUT2D eigenvalue weighted by Gasteiger charge is -1.92. The Kier molecular flexibility index (Phi) is 6.60. The molecule has 0 N–H and O–H groups in total. The smallest absolute Gasteiger partial charge is 0.269 e. The third-order valence-electron chi connectivity index (χ3n) is 1.70. The van der Waals surface area contributed by atoms with Gasteiger partial charge < -0.3 is 12.6 Å². The fourth-order valence-corrected chi connectivity index (χ4v) is 1.12. The SMILES string of the molecule is C=CCc1n(C=C)cc[n+]1C=C.N#C[S-]. The minimum atomic E-state index is 0.811. The first-order valence-corrected chi connectivity index (χ1v) is 4.64. The molecule has 0 bridgehead atoms. The van der Waals surface area contributed by atoms with Gasteiger partial charge in [0.05, 0.1) is 18.8 Å². The molecule has 78 valence electrons. The Labute approximate surface area is 95.7 Å². The Hall–Kier alpha value is -1.86. The van der Waals surface area contributed by atoms with Gasteiger partial charge in [-0.15, -0.1) is 6.58 Å². The molecule has 1 heterocycles. The fourth-order valence-electron chi connectivity index (χ4n) is 1.12. The molecule has 0 amide bonds. The normalized spacial score (nSPS) is 7.93. The van der Waals surface area contributed by atoms with Crippen LogP contribution < -0.4 is 4.57 Å². The van der Waals surface area contributed by atoms with Gasteiger partial charge in [-0.25, -0.2) is 14.4 Å². The van der Waals surface area contributed by atoms with Crippen LogP contribution in [-0.4, -0.2) is 4.57 Å². The average Bonchev–Trinajstić information content (AvgIpc) is 2.62. The second-order valence-electron chi connectivity index (χ2n) is 2.48. The number of nitriles is 1. The maximum atomic E-state index is 7.13. The maximum Gasteiger partial charge on any atom is 0.269 e. The van der Waals surface area contributed by atoms with Crippen LogP contribution in [-0.2, 0) is 19.0 Å². The molecule has 1 aromatic rings. The molecule has 0 saturated carbocycles. The van der Waals surface area contributed by atoms with Crippen molar-refractivity contribution in [2.45, 2.75) is 6.42 Å². The summed E-state index contributed by atoms with van der Waals surface area (Å²) in [4.78, 5) is 0. The molecule has 0 spiro atoms. The van der Waals surface area contributed by atoms with Crippen molar-refractivity contribution in [2.75, 3.05) is 0 Å². The number of rotatable bonds is 4. The van der Waals surface area contributed by atoms with E-state index in [-0.39, 0.29) is 0 Å². The van der Waals surface area contributed by atoms with Crippen LogP contribution in [0, 0.1) is 10.7 Å². The number of nitrogens with zero attached hydrogens (tertiary/aromatic N) is 3. The van der Waals surface area contributed by atoms with Crippen molar-refractivity contribution >= 4 is 25.0 Å². The lowest BCUT2D eigenvalue weighted by molar-refractivity contribution is -0.575. The minimum absolute atomic E-state index is 0.811. The first kappa shape index (κ1) is 13.1. The highest BCUT2D eigenvalue weighted by atomic mass is 32.1. The molecule has 0 fully saturated rings. The van der Waals surface area contributed by atoms with Crippen LogP contribution in [0.3, 0.4) is 0 Å². The number of thiocyanates is 1. The second kappa shape index (κ2) is 7.54. The highest BCUT2D eigenvalue weighted by Crippen LogP contribution is 1.97. The van der Waals surface area contributed by atoms with Gasteiger partial charge in [0.2, 0.25) is 0 Å². The molecule has 0 aliphatic heterocycles. The van der Waals surface area contributed by atoms with E-state index in [9.17, 15) is 0 Å². The molecule has 3 nitrogen and oxygen atoms in total. The molecule has 0 aromatic carbocycles. The molecule has 0 unspecified atom stereocenters. The fraction of sp³-hybridized carbons (Fsp3) is 0.0909. The number of allylic oxidation sites excluding steroid dienone is 1. The first-order valence-electron chi connectivity index (χ1n) is 4.23. The topological polar surface area (TPSA) is 32.6 Å². The van der Waals surface area contributed by atoms with E-state index >= 15 is 0 Å². The Morgan fingerprint density at radius 1 is 1.53 bits per heavy atom. The molecule has 0 aliphatic carbocycles. The summed E-state index contributed by atoms with van der Waals surface area (Å²) in [5.74, 6) is 1.11. The molecule has 1 rings (SSSR count). The molecule has 0 saturated heterocycles. The average molecular weight is 219 g/mol. The van der Waals surface area contributed by atoms with Crippen molar-refractivity contribution in [1.29, 1.82) is 5.26 Å². The van der Waals surface area contributed by atoms with Crippen molar-refractivity contribution in [2.24, 2.45) is 0 Å². The Morgan fingerprint density at radius 3 is 2.53 bits per heavy atom. The Balaban J connectivity index is 0.000000583. The van der Waals surface area contributed by atoms with E-state index in [1.165, 1.54) is 5.40 Å². The number of hydrogen-bond donors (Lipinski definition) is 0. The number of imidazole rings is 1. The van der Waals surface area contributed by atoms with Gasteiger partial charge in [0.1, 0.15) is 12.4 Å². The molecule has 4 heteroatoms. The zero-order chi connectivity index (χ0) is 11.7. The van der Waals surface area contributed by atoms with Gasteiger partial charge in [0.25, 0.3) is 5.82 Å². The van der Waals surface area contributed by atoms with E-state index in [0.717, 1.165) is 12.2 Å². The van der Waals surface area contributed by atoms with Crippen LogP contribution in [0.1, 0.15) is 5.82 Å². The van der Waals surface area contributed by atoms with Crippen LogP contribution in [0.4, 0.5) is 0 Å². The highest BCUT2D eigenvalue weighted by molar-refractivity contribution is 7.64. The van der Waals surface area contributed by atoms with Crippen molar-refractivity contribution in [3.05, 3.63) is 44.0 Å². The Morgan fingerprint density at radius 2 is 2.13 bits per heavy atom. The summed E-state index contributed by atoms with van der Waals surface area (Å²) >= 11 is 3.70. The summed E-state index contributed by atoms with van der Waals surface area (Å²) in [6, 6.07) is 0. The third-order valence-corrected chi connectivity index (χ3v) is 1.70. The van der Waals surface area contributed by atoms with Crippen LogP contribution in [0.2, 0.25) is 0 Å². The van der Waals surface area contributed by atoms with Gasteiger partial charge in [0, 0.05) is 0 Å². The van der Waals surface area contributed by atoms with Crippen molar-refractivity contribution < 1.29 is 4.57 Å². The predicted octanol–water partition coefficient (Wildman–Crippen LogP) is 1.72. The van der Waals surface area contributed by atoms with Gasteiger partial charge in [-0.3, -0.25) is 0 Å². The number of aromatic nitrogens is 2. The van der Waals surface area contributed by atoms with Crippen molar-refractivity contribution in [3.8, 4) is 5.40 Å². The molecule has 1 aromatic heterocycles. The van der Waals surface area contributed by atoms with Crippen molar-refractivity contribution in [3.63, 3.8) is 0 Å². The molecule has 0 atom stereocenters. The highest BCUT2D eigenvalue weighted by Gasteiger charge is 2.10. The molecular formula is C11H13N3S. The predicted molar refractivity (Wildman–Crippen MR) is 64.3 cm³/mol. The lowest BCUT2D eigenvalue weighted by Crippen LogP contribution is -2.28. The van der Waals surface area contributed by atoms with Crippen LogP contribution >= 0.6 is 0 Å². The molecule has 15 heavy (non-hydrogen) atoms. The molecule has 0 aliphatic rings. The number of hydrogen-bond acceptors (Lipinski definition) is 2. The van der Waals surface area contributed by atoms with Crippen LogP contribution in [0.25, 0.3) is 12.4 Å².